The van der Waals surface area contributed by atoms with E-state index in [0.29, 0.717) is 31.0 Å². The molecule has 0 amide bonds. The summed E-state index contributed by atoms with van der Waals surface area (Å²) in [6, 6.07) is 14.1. The van der Waals surface area contributed by atoms with Crippen LogP contribution >= 0.6 is 0 Å². The Bertz CT molecular complexity index is 760. The molecule has 0 aliphatic carbocycles. The third-order valence-electron chi connectivity index (χ3n) is 3.69. The molecule has 2 aromatic carbocycles. The zero-order valence-corrected chi connectivity index (χ0v) is 14.8. The predicted octanol–water partition coefficient (Wildman–Crippen LogP) is 2.79. The van der Waals surface area contributed by atoms with Crippen molar-refractivity contribution in [2.24, 2.45) is 0 Å². The standard InChI is InChI=1S/C18H23NO4S/c1-3-19(13-15-8-6-5-7-9-15)24(21,22)17-10-11-18(23-4-2)16(12-17)14-20/h5-12,20H,3-4,13-14H2,1-2H3. The fourth-order valence-corrected chi connectivity index (χ4v) is 3.93. The van der Waals surface area contributed by atoms with E-state index in [2.05, 4.69) is 0 Å². The first-order chi connectivity index (χ1) is 11.5. The molecule has 0 spiro atoms. The van der Waals surface area contributed by atoms with Crippen LogP contribution in [0.2, 0.25) is 0 Å². The molecule has 0 aliphatic heterocycles. The number of hydrogen-bond acceptors (Lipinski definition) is 4. The van der Waals surface area contributed by atoms with Crippen LogP contribution in [0.4, 0.5) is 0 Å². The van der Waals surface area contributed by atoms with E-state index in [1.54, 1.807) is 6.07 Å². The number of aliphatic hydroxyl groups excluding tert-OH is 1. The molecule has 0 unspecified atom stereocenters. The van der Waals surface area contributed by atoms with Crippen molar-refractivity contribution in [2.45, 2.75) is 31.9 Å². The summed E-state index contributed by atoms with van der Waals surface area (Å²) in [5.41, 5.74) is 1.39. The van der Waals surface area contributed by atoms with Crippen molar-refractivity contribution in [3.8, 4) is 5.75 Å². The third-order valence-corrected chi connectivity index (χ3v) is 5.61. The fraction of sp³-hybridized carbons (Fsp3) is 0.333. The molecule has 0 radical (unpaired) electrons. The number of hydrogen-bond donors (Lipinski definition) is 1. The van der Waals surface area contributed by atoms with Crippen molar-refractivity contribution in [1.29, 1.82) is 0 Å². The lowest BCUT2D eigenvalue weighted by atomic mass is 10.2. The third kappa shape index (κ3) is 4.14. The van der Waals surface area contributed by atoms with Crippen LogP contribution < -0.4 is 4.74 Å². The Hall–Kier alpha value is -1.89. The number of ether oxygens (including phenoxy) is 1. The zero-order valence-electron chi connectivity index (χ0n) is 14.0. The Morgan fingerprint density at radius 1 is 1.08 bits per heavy atom. The van der Waals surface area contributed by atoms with Gasteiger partial charge in [0, 0.05) is 18.7 Å². The molecule has 130 valence electrons. The van der Waals surface area contributed by atoms with Crippen molar-refractivity contribution in [3.05, 3.63) is 59.7 Å². The molecule has 0 aliphatic rings. The lowest BCUT2D eigenvalue weighted by Gasteiger charge is -2.21. The summed E-state index contributed by atoms with van der Waals surface area (Å²) >= 11 is 0. The molecule has 0 atom stereocenters. The lowest BCUT2D eigenvalue weighted by molar-refractivity contribution is 0.266. The molecular weight excluding hydrogens is 326 g/mol. The second kappa shape index (κ2) is 8.28. The summed E-state index contributed by atoms with van der Waals surface area (Å²) in [5.74, 6) is 0.505. The summed E-state index contributed by atoms with van der Waals surface area (Å²) in [7, 11) is -3.65. The van der Waals surface area contributed by atoms with Crippen LogP contribution in [0.25, 0.3) is 0 Å². The van der Waals surface area contributed by atoms with Gasteiger partial charge in [-0.25, -0.2) is 8.42 Å². The highest BCUT2D eigenvalue weighted by Crippen LogP contribution is 2.25. The minimum atomic E-state index is -3.65. The highest BCUT2D eigenvalue weighted by atomic mass is 32.2. The van der Waals surface area contributed by atoms with Gasteiger partial charge in [-0.3, -0.25) is 0 Å². The van der Waals surface area contributed by atoms with E-state index in [4.69, 9.17) is 4.74 Å². The maximum atomic E-state index is 12.9. The van der Waals surface area contributed by atoms with E-state index >= 15 is 0 Å². The summed E-state index contributed by atoms with van der Waals surface area (Å²) in [5, 5.41) is 9.48. The van der Waals surface area contributed by atoms with Gasteiger partial charge in [-0.2, -0.15) is 4.31 Å². The van der Waals surface area contributed by atoms with Gasteiger partial charge in [-0.15, -0.1) is 0 Å². The zero-order chi connectivity index (χ0) is 17.6. The van der Waals surface area contributed by atoms with Gasteiger partial charge in [0.2, 0.25) is 10.0 Å². The number of benzene rings is 2. The Balaban J connectivity index is 2.33. The van der Waals surface area contributed by atoms with Gasteiger partial charge < -0.3 is 9.84 Å². The van der Waals surface area contributed by atoms with Gasteiger partial charge in [-0.1, -0.05) is 37.3 Å². The van der Waals surface area contributed by atoms with Crippen molar-refractivity contribution >= 4 is 10.0 Å². The second-order valence-electron chi connectivity index (χ2n) is 5.28. The van der Waals surface area contributed by atoms with Crippen LogP contribution in [0, 0.1) is 0 Å². The largest absolute Gasteiger partial charge is 0.494 e. The van der Waals surface area contributed by atoms with E-state index in [1.807, 2.05) is 44.2 Å². The molecule has 5 nitrogen and oxygen atoms in total. The van der Waals surface area contributed by atoms with Crippen LogP contribution in [-0.2, 0) is 23.2 Å². The summed E-state index contributed by atoms with van der Waals surface area (Å²) in [6.45, 7) is 4.49. The van der Waals surface area contributed by atoms with E-state index in [0.717, 1.165) is 5.56 Å². The molecule has 6 heteroatoms. The molecule has 0 saturated heterocycles. The number of rotatable bonds is 8. The molecule has 0 aromatic heterocycles. The highest BCUT2D eigenvalue weighted by Gasteiger charge is 2.24. The molecule has 0 saturated carbocycles. The van der Waals surface area contributed by atoms with E-state index in [9.17, 15) is 13.5 Å². The van der Waals surface area contributed by atoms with E-state index in [1.165, 1.54) is 16.4 Å². The molecule has 24 heavy (non-hydrogen) atoms. The van der Waals surface area contributed by atoms with Crippen LogP contribution in [0.15, 0.2) is 53.4 Å². The van der Waals surface area contributed by atoms with E-state index < -0.39 is 10.0 Å². The predicted molar refractivity (Wildman–Crippen MR) is 93.2 cm³/mol. The summed E-state index contributed by atoms with van der Waals surface area (Å²) in [4.78, 5) is 0.160. The first-order valence-electron chi connectivity index (χ1n) is 7.93. The van der Waals surface area contributed by atoms with Gasteiger partial charge >= 0.3 is 0 Å². The van der Waals surface area contributed by atoms with Crippen LogP contribution in [0.1, 0.15) is 25.0 Å². The average molecular weight is 349 g/mol. The topological polar surface area (TPSA) is 66.8 Å². The monoisotopic (exact) mass is 349 g/mol. The Labute approximate surface area is 143 Å². The molecular formula is C18H23NO4S. The van der Waals surface area contributed by atoms with Crippen molar-refractivity contribution < 1.29 is 18.3 Å². The second-order valence-corrected chi connectivity index (χ2v) is 7.22. The van der Waals surface area contributed by atoms with Crippen molar-refractivity contribution in [1.82, 2.24) is 4.31 Å². The van der Waals surface area contributed by atoms with Crippen LogP contribution in [0.3, 0.4) is 0 Å². The van der Waals surface area contributed by atoms with Crippen molar-refractivity contribution in [2.75, 3.05) is 13.2 Å². The SMILES string of the molecule is CCOc1ccc(S(=O)(=O)N(CC)Cc2ccccc2)cc1CO. The lowest BCUT2D eigenvalue weighted by Crippen LogP contribution is -2.30. The van der Waals surface area contributed by atoms with Gasteiger partial charge in [0.15, 0.2) is 0 Å². The normalized spacial score (nSPS) is 11.7. The molecule has 0 fully saturated rings. The summed E-state index contributed by atoms with van der Waals surface area (Å²) < 4.78 is 32.6. The van der Waals surface area contributed by atoms with Crippen LogP contribution in [0.5, 0.6) is 5.75 Å². The maximum absolute atomic E-state index is 12.9. The first kappa shape index (κ1) is 18.4. The minimum absolute atomic E-state index is 0.160. The number of nitrogens with zero attached hydrogens (tertiary/aromatic N) is 1. The molecule has 2 rings (SSSR count). The Morgan fingerprint density at radius 3 is 2.38 bits per heavy atom. The molecule has 0 bridgehead atoms. The maximum Gasteiger partial charge on any atom is 0.243 e. The summed E-state index contributed by atoms with van der Waals surface area (Å²) in [6.07, 6.45) is 0. The van der Waals surface area contributed by atoms with E-state index in [-0.39, 0.29) is 11.5 Å². The van der Waals surface area contributed by atoms with Gasteiger partial charge in [-0.05, 0) is 30.7 Å². The van der Waals surface area contributed by atoms with Crippen molar-refractivity contribution in [3.63, 3.8) is 0 Å². The van der Waals surface area contributed by atoms with Gasteiger partial charge in [0.05, 0.1) is 18.1 Å². The minimum Gasteiger partial charge on any atom is -0.494 e. The highest BCUT2D eigenvalue weighted by molar-refractivity contribution is 7.89. The first-order valence-corrected chi connectivity index (χ1v) is 9.37. The fourth-order valence-electron chi connectivity index (χ4n) is 2.44. The van der Waals surface area contributed by atoms with Crippen LogP contribution in [-0.4, -0.2) is 31.0 Å². The van der Waals surface area contributed by atoms with Gasteiger partial charge in [0.1, 0.15) is 5.75 Å². The molecule has 0 heterocycles. The quantitative estimate of drug-likeness (QED) is 0.796. The number of aliphatic hydroxyl groups is 1. The molecule has 2 aromatic rings. The van der Waals surface area contributed by atoms with Gasteiger partial charge in [0.25, 0.3) is 0 Å². The Morgan fingerprint density at radius 2 is 1.79 bits per heavy atom. The smallest absolute Gasteiger partial charge is 0.243 e. The average Bonchev–Trinajstić information content (AvgIpc) is 2.60. The number of sulfonamides is 1. The Kier molecular flexibility index (Phi) is 6.36. The molecule has 1 N–H and O–H groups in total.